The summed E-state index contributed by atoms with van der Waals surface area (Å²) in [4.78, 5) is 14.4. The molecule has 0 saturated carbocycles. The van der Waals surface area contributed by atoms with Gasteiger partial charge in [-0.25, -0.2) is 4.67 Å². The molecule has 138 valence electrons. The summed E-state index contributed by atoms with van der Waals surface area (Å²) in [5.74, 6) is 0.147. The van der Waals surface area contributed by atoms with Crippen LogP contribution in [0.3, 0.4) is 0 Å². The minimum absolute atomic E-state index is 0.0600. The Kier molecular flexibility index (Phi) is 4.26. The predicted octanol–water partition coefficient (Wildman–Crippen LogP) is 3.42. The Hall–Kier alpha value is -1.61. The highest BCUT2D eigenvalue weighted by atomic mass is 31.2. The van der Waals surface area contributed by atoms with Crippen LogP contribution in [0.4, 0.5) is 5.69 Å². The van der Waals surface area contributed by atoms with Crippen LogP contribution in [-0.4, -0.2) is 28.9 Å². The number of hydrogen-bond donors (Lipinski definition) is 1. The molecule has 1 N–H and O–H groups in total. The molecule has 2 heterocycles. The second-order valence-corrected chi connectivity index (χ2v) is 10.9. The lowest BCUT2D eigenvalue weighted by Gasteiger charge is -2.40. The van der Waals surface area contributed by atoms with E-state index in [-0.39, 0.29) is 11.2 Å². The Morgan fingerprint density at radius 3 is 2.50 bits per heavy atom. The molecular weight excluding hydrogens is 343 g/mol. The maximum Gasteiger partial charge on any atom is 0.171 e. The van der Waals surface area contributed by atoms with E-state index in [4.69, 9.17) is 0 Å². The van der Waals surface area contributed by atoms with E-state index in [0.717, 1.165) is 37.2 Å². The van der Waals surface area contributed by atoms with Crippen molar-refractivity contribution >= 4 is 18.8 Å². The van der Waals surface area contributed by atoms with E-state index in [0.29, 0.717) is 11.3 Å². The van der Waals surface area contributed by atoms with Gasteiger partial charge in [-0.1, -0.05) is 45.0 Å². The number of phenolic OH excluding ortho intramolecular Hbond substituents is 1. The van der Waals surface area contributed by atoms with Crippen molar-refractivity contribution in [2.24, 2.45) is 0 Å². The van der Waals surface area contributed by atoms with Gasteiger partial charge in [0, 0.05) is 6.54 Å². The van der Waals surface area contributed by atoms with E-state index in [1.165, 1.54) is 0 Å². The topological polar surface area (TPSA) is 49.8 Å². The quantitative estimate of drug-likeness (QED) is 0.823. The van der Waals surface area contributed by atoms with Gasteiger partial charge in [0.05, 0.1) is 18.3 Å². The number of para-hydroxylation sites is 1. The third-order valence-corrected chi connectivity index (χ3v) is 8.89. The fourth-order valence-electron chi connectivity index (χ4n) is 4.18. The number of rotatable bonds is 2. The van der Waals surface area contributed by atoms with Crippen LogP contribution in [0.5, 0.6) is 5.75 Å². The molecule has 26 heavy (non-hydrogen) atoms. The van der Waals surface area contributed by atoms with Crippen LogP contribution < -0.4 is 14.9 Å². The van der Waals surface area contributed by atoms with Crippen molar-refractivity contribution in [2.45, 2.75) is 45.1 Å². The highest BCUT2D eigenvalue weighted by Crippen LogP contribution is 2.65. The van der Waals surface area contributed by atoms with Crippen molar-refractivity contribution < 1.29 is 10.00 Å². The van der Waals surface area contributed by atoms with E-state index in [1.54, 1.807) is 6.07 Å². The number of hydrogen-bond acceptors (Lipinski definition) is 4. The molecule has 4 nitrogen and oxygen atoms in total. The Morgan fingerprint density at radius 2 is 1.85 bits per heavy atom. The molecule has 5 heteroatoms. The van der Waals surface area contributed by atoms with Gasteiger partial charge in [-0.15, -0.1) is 0 Å². The van der Waals surface area contributed by atoms with Crippen LogP contribution >= 0.6 is 7.79 Å². The molecule has 0 bridgehead atoms. The van der Waals surface area contributed by atoms with Crippen molar-refractivity contribution in [1.29, 1.82) is 0 Å². The van der Waals surface area contributed by atoms with Crippen LogP contribution in [-0.2, 0) is 5.41 Å². The molecular formula is C21H27N2O2P. The largest absolute Gasteiger partial charge is 0.642 e. The minimum Gasteiger partial charge on any atom is -0.642 e. The molecule has 0 radical (unpaired) electrons. The zero-order valence-corrected chi connectivity index (χ0v) is 16.6. The van der Waals surface area contributed by atoms with E-state index in [2.05, 4.69) is 25.4 Å². The van der Waals surface area contributed by atoms with Gasteiger partial charge in [-0.05, 0) is 48.1 Å². The van der Waals surface area contributed by atoms with Crippen molar-refractivity contribution in [2.75, 3.05) is 17.8 Å². The van der Waals surface area contributed by atoms with Gasteiger partial charge in [-0.3, -0.25) is 0 Å². The van der Waals surface area contributed by atoms with Crippen LogP contribution in [0.15, 0.2) is 48.5 Å². The number of anilines is 1. The second-order valence-electron chi connectivity index (χ2n) is 8.37. The highest BCUT2D eigenvalue weighted by molar-refractivity contribution is 7.76. The first-order valence-corrected chi connectivity index (χ1v) is 11.0. The molecule has 0 amide bonds. The van der Waals surface area contributed by atoms with Gasteiger partial charge < -0.3 is 10.00 Å². The maximum atomic E-state index is 14.4. The van der Waals surface area contributed by atoms with E-state index >= 15 is 0 Å². The summed E-state index contributed by atoms with van der Waals surface area (Å²) in [5, 5.41) is 11.4. The number of benzene rings is 2. The zero-order chi connectivity index (χ0) is 18.5. The monoisotopic (exact) mass is 370 g/mol. The Balaban J connectivity index is 1.83. The highest BCUT2D eigenvalue weighted by Gasteiger charge is 2.57. The average Bonchev–Trinajstić information content (AvgIpc) is 3.17. The predicted molar refractivity (Wildman–Crippen MR) is 107 cm³/mol. The first-order chi connectivity index (χ1) is 12.3. The van der Waals surface area contributed by atoms with Crippen molar-refractivity contribution in [1.82, 2.24) is 4.67 Å². The first-order valence-electron chi connectivity index (χ1n) is 9.36. The number of aromatic hydroxyl groups is 1. The smallest absolute Gasteiger partial charge is 0.171 e. The normalized spacial score (nSPS) is 26.3. The van der Waals surface area contributed by atoms with Gasteiger partial charge in [0.15, 0.2) is 18.8 Å². The minimum atomic E-state index is -3.05. The van der Waals surface area contributed by atoms with Crippen molar-refractivity contribution in [3.05, 3.63) is 54.1 Å². The second kappa shape index (κ2) is 6.23. The van der Waals surface area contributed by atoms with E-state index in [9.17, 15) is 10.00 Å². The summed E-state index contributed by atoms with van der Waals surface area (Å²) in [5.41, 5.74) is 1.95. The summed E-state index contributed by atoms with van der Waals surface area (Å²) in [7, 11) is -3.05. The molecule has 2 aromatic rings. The lowest BCUT2D eigenvalue weighted by Crippen LogP contribution is -2.41. The lowest BCUT2D eigenvalue weighted by atomic mass is 9.87. The Labute approximate surface area is 156 Å². The zero-order valence-electron chi connectivity index (χ0n) is 15.7. The molecule has 4 rings (SSSR count). The molecule has 2 saturated heterocycles. The van der Waals surface area contributed by atoms with Gasteiger partial charge in [0.2, 0.25) is 0 Å². The summed E-state index contributed by atoms with van der Waals surface area (Å²) < 4.78 is 4.18. The molecule has 2 aliphatic rings. The standard InChI is InChI=1S/C21H27N2O2P/c1-21(2,3)16-11-12-20(19(24)14-16)26(25)22-13-7-10-18(22)15-23(26)17-8-5-4-6-9-17/h4-6,8-9,11-12,14,18,24H,7,10,13,15H2,1-3H3/t18-,26?/m0/s1. The summed E-state index contributed by atoms with van der Waals surface area (Å²) >= 11 is 0. The number of nitrogens with zero attached hydrogens (tertiary/aromatic N) is 2. The lowest BCUT2D eigenvalue weighted by molar-refractivity contribution is -0.176. The van der Waals surface area contributed by atoms with Gasteiger partial charge in [0.1, 0.15) is 0 Å². The Bertz CT molecular complexity index is 805. The van der Waals surface area contributed by atoms with Crippen molar-refractivity contribution in [3.8, 4) is 5.75 Å². The third kappa shape index (κ3) is 2.72. The van der Waals surface area contributed by atoms with Crippen LogP contribution in [0.2, 0.25) is 0 Å². The molecule has 2 aromatic carbocycles. The molecule has 0 aliphatic carbocycles. The summed E-state index contributed by atoms with van der Waals surface area (Å²) in [6, 6.07) is 15.9. The van der Waals surface area contributed by atoms with E-state index < -0.39 is 7.79 Å². The molecule has 0 aromatic heterocycles. The van der Waals surface area contributed by atoms with Crippen LogP contribution in [0, 0.1) is 0 Å². The van der Waals surface area contributed by atoms with Crippen LogP contribution in [0.25, 0.3) is 0 Å². The fourth-order valence-corrected chi connectivity index (χ4v) is 7.52. The molecule has 2 fully saturated rings. The fraction of sp³-hybridized carbons (Fsp3) is 0.429. The van der Waals surface area contributed by atoms with Gasteiger partial charge in [0.25, 0.3) is 0 Å². The first kappa shape index (κ1) is 17.8. The Morgan fingerprint density at radius 1 is 1.12 bits per heavy atom. The summed E-state index contributed by atoms with van der Waals surface area (Å²) in [6.07, 6.45) is 2.13. The third-order valence-electron chi connectivity index (χ3n) is 5.61. The molecule has 0 spiro atoms. The average molecular weight is 370 g/mol. The van der Waals surface area contributed by atoms with Gasteiger partial charge >= 0.3 is 0 Å². The van der Waals surface area contributed by atoms with Gasteiger partial charge in [-0.2, -0.15) is 4.67 Å². The van der Waals surface area contributed by atoms with Crippen LogP contribution in [0.1, 0.15) is 39.2 Å². The van der Waals surface area contributed by atoms with E-state index in [1.807, 2.05) is 47.1 Å². The summed E-state index contributed by atoms with van der Waals surface area (Å²) in [6.45, 7) is 7.93. The number of phenols is 1. The van der Waals surface area contributed by atoms with Crippen molar-refractivity contribution in [3.63, 3.8) is 0 Å². The number of fused-ring (bicyclic) bond motifs is 1. The molecule has 2 atom stereocenters. The SMILES string of the molecule is CC(C)(C)c1ccc([P+]2([O-])N(c3ccccc3)C[C@@H]3CCCN32)c(O)c1. The molecule has 2 aliphatic heterocycles. The maximum absolute atomic E-state index is 14.4. The molecule has 1 unspecified atom stereocenters.